The summed E-state index contributed by atoms with van der Waals surface area (Å²) in [5, 5.41) is 5.05. The fourth-order valence-electron chi connectivity index (χ4n) is 2.55. The third-order valence-electron chi connectivity index (χ3n) is 3.56. The zero-order chi connectivity index (χ0) is 15.8. The Labute approximate surface area is 139 Å². The molecule has 21 heavy (non-hydrogen) atoms. The molecule has 1 aromatic carbocycles. The van der Waals surface area contributed by atoms with E-state index in [0.29, 0.717) is 12.5 Å². The molecule has 2 nitrogen and oxygen atoms in total. The molecule has 0 fully saturated rings. The molecule has 0 aliphatic rings. The summed E-state index contributed by atoms with van der Waals surface area (Å²) < 4.78 is 5.97. The number of hydrogen-bond donors (Lipinski definition) is 1. The van der Waals surface area contributed by atoms with Gasteiger partial charge in [-0.3, -0.25) is 0 Å². The van der Waals surface area contributed by atoms with Crippen LogP contribution in [0.3, 0.4) is 0 Å². The lowest BCUT2D eigenvalue weighted by Gasteiger charge is -2.31. The molecule has 0 saturated heterocycles. The highest BCUT2D eigenvalue weighted by Crippen LogP contribution is 2.27. The molecule has 1 aromatic rings. The van der Waals surface area contributed by atoms with Crippen molar-refractivity contribution in [1.29, 1.82) is 0 Å². The zero-order valence-corrected chi connectivity index (χ0v) is 15.0. The molecular formula is C17H27Cl2NO. The van der Waals surface area contributed by atoms with Crippen LogP contribution >= 0.6 is 23.2 Å². The second kappa shape index (κ2) is 9.68. The molecule has 1 rings (SSSR count). The average Bonchev–Trinajstić information content (AvgIpc) is 2.44. The predicted molar refractivity (Wildman–Crippen MR) is 92.5 cm³/mol. The van der Waals surface area contributed by atoms with Crippen LogP contribution in [0.2, 0.25) is 10.0 Å². The normalized spacial score (nSPS) is 14.4. The summed E-state index contributed by atoms with van der Waals surface area (Å²) in [6, 6.07) is 5.88. The maximum absolute atomic E-state index is 6.32. The molecule has 0 amide bonds. The van der Waals surface area contributed by atoms with Gasteiger partial charge in [-0.25, -0.2) is 0 Å². The van der Waals surface area contributed by atoms with E-state index in [1.165, 1.54) is 0 Å². The smallest absolute Gasteiger partial charge is 0.0753 e. The Morgan fingerprint density at radius 1 is 1.14 bits per heavy atom. The number of hydrogen-bond acceptors (Lipinski definition) is 2. The largest absolute Gasteiger partial charge is 0.377 e. The van der Waals surface area contributed by atoms with Gasteiger partial charge in [-0.05, 0) is 49.9 Å². The number of halogens is 2. The fourth-order valence-corrected chi connectivity index (χ4v) is 3.10. The van der Waals surface area contributed by atoms with E-state index in [0.717, 1.165) is 35.0 Å². The van der Waals surface area contributed by atoms with Crippen molar-refractivity contribution in [3.8, 4) is 0 Å². The van der Waals surface area contributed by atoms with Gasteiger partial charge >= 0.3 is 0 Å². The molecule has 2 unspecified atom stereocenters. The van der Waals surface area contributed by atoms with E-state index < -0.39 is 0 Å². The molecule has 0 aliphatic heterocycles. The van der Waals surface area contributed by atoms with Gasteiger partial charge in [0.2, 0.25) is 0 Å². The first-order chi connectivity index (χ1) is 10.0. The Morgan fingerprint density at radius 2 is 1.76 bits per heavy atom. The molecule has 2 atom stereocenters. The number of nitrogens with one attached hydrogen (secondary N) is 1. The van der Waals surface area contributed by atoms with Crippen LogP contribution in [0.15, 0.2) is 18.2 Å². The maximum atomic E-state index is 6.32. The molecule has 120 valence electrons. The standard InChI is InChI=1S/C17H27Cl2NO/c1-5-10-20-16(17(12(3)4)21-6-2)11-13-14(18)8-7-9-15(13)19/h7-9,12,16-17,20H,5-6,10-11H2,1-4H3. The predicted octanol–water partition coefficient (Wildman–Crippen LogP) is 4.97. The van der Waals surface area contributed by atoms with Crippen LogP contribution < -0.4 is 5.32 Å². The van der Waals surface area contributed by atoms with E-state index in [2.05, 4.69) is 26.1 Å². The minimum Gasteiger partial charge on any atom is -0.377 e. The Hall–Kier alpha value is -0.280. The lowest BCUT2D eigenvalue weighted by Crippen LogP contribution is -2.46. The van der Waals surface area contributed by atoms with Crippen LogP contribution in [-0.4, -0.2) is 25.3 Å². The molecule has 0 aromatic heterocycles. The van der Waals surface area contributed by atoms with Gasteiger partial charge in [0.1, 0.15) is 0 Å². The maximum Gasteiger partial charge on any atom is 0.0753 e. The van der Waals surface area contributed by atoms with Gasteiger partial charge in [0, 0.05) is 22.7 Å². The van der Waals surface area contributed by atoms with Gasteiger partial charge in [0.05, 0.1) is 6.10 Å². The zero-order valence-electron chi connectivity index (χ0n) is 13.5. The second-order valence-electron chi connectivity index (χ2n) is 5.63. The van der Waals surface area contributed by atoms with Gasteiger partial charge in [-0.15, -0.1) is 0 Å². The summed E-state index contributed by atoms with van der Waals surface area (Å²) in [6.07, 6.45) is 2.01. The quantitative estimate of drug-likeness (QED) is 0.690. The van der Waals surface area contributed by atoms with Crippen molar-refractivity contribution in [1.82, 2.24) is 5.32 Å². The first-order valence-corrected chi connectivity index (χ1v) is 8.54. The molecule has 0 saturated carbocycles. The topological polar surface area (TPSA) is 21.3 Å². The number of benzene rings is 1. The first kappa shape index (κ1) is 18.8. The Bertz CT molecular complexity index is 403. The summed E-state index contributed by atoms with van der Waals surface area (Å²) in [5.41, 5.74) is 1.000. The van der Waals surface area contributed by atoms with Crippen molar-refractivity contribution in [2.75, 3.05) is 13.2 Å². The van der Waals surface area contributed by atoms with Crippen LogP contribution in [0.1, 0.15) is 39.7 Å². The highest BCUT2D eigenvalue weighted by atomic mass is 35.5. The Balaban J connectivity index is 2.95. The van der Waals surface area contributed by atoms with E-state index in [1.54, 1.807) is 0 Å². The third kappa shape index (κ3) is 5.78. The molecule has 4 heteroatoms. The highest BCUT2D eigenvalue weighted by Gasteiger charge is 2.26. The number of ether oxygens (including phenoxy) is 1. The molecule has 0 heterocycles. The summed E-state index contributed by atoms with van der Waals surface area (Å²) in [7, 11) is 0. The van der Waals surface area contributed by atoms with Crippen molar-refractivity contribution in [2.24, 2.45) is 5.92 Å². The summed E-state index contributed by atoms with van der Waals surface area (Å²) >= 11 is 12.6. The monoisotopic (exact) mass is 331 g/mol. The average molecular weight is 332 g/mol. The van der Waals surface area contributed by atoms with Crippen LogP contribution in [0.25, 0.3) is 0 Å². The van der Waals surface area contributed by atoms with Gasteiger partial charge in [-0.2, -0.15) is 0 Å². The van der Waals surface area contributed by atoms with Gasteiger partial charge in [-0.1, -0.05) is 50.0 Å². The molecular weight excluding hydrogens is 305 g/mol. The van der Waals surface area contributed by atoms with Crippen LogP contribution in [0, 0.1) is 5.92 Å². The lowest BCUT2D eigenvalue weighted by atomic mass is 9.93. The third-order valence-corrected chi connectivity index (χ3v) is 4.26. The SMILES string of the molecule is CCCNC(Cc1c(Cl)cccc1Cl)C(OCC)C(C)C. The van der Waals surface area contributed by atoms with Gasteiger partial charge in [0.15, 0.2) is 0 Å². The van der Waals surface area contributed by atoms with Crippen LogP contribution in [-0.2, 0) is 11.2 Å². The van der Waals surface area contributed by atoms with E-state index >= 15 is 0 Å². The van der Waals surface area contributed by atoms with Crippen LogP contribution in [0.4, 0.5) is 0 Å². The van der Waals surface area contributed by atoms with E-state index in [4.69, 9.17) is 27.9 Å². The fraction of sp³-hybridized carbons (Fsp3) is 0.647. The van der Waals surface area contributed by atoms with Gasteiger partial charge < -0.3 is 10.1 Å². The number of rotatable bonds is 9. The van der Waals surface area contributed by atoms with Crippen molar-refractivity contribution in [3.05, 3.63) is 33.8 Å². The van der Waals surface area contributed by atoms with Crippen molar-refractivity contribution < 1.29 is 4.74 Å². The summed E-state index contributed by atoms with van der Waals surface area (Å²) in [5.74, 6) is 0.431. The van der Waals surface area contributed by atoms with Crippen molar-refractivity contribution >= 4 is 23.2 Å². The Kier molecular flexibility index (Phi) is 8.65. The molecule has 1 N–H and O–H groups in total. The van der Waals surface area contributed by atoms with Gasteiger partial charge in [0.25, 0.3) is 0 Å². The van der Waals surface area contributed by atoms with E-state index in [9.17, 15) is 0 Å². The van der Waals surface area contributed by atoms with Crippen LogP contribution in [0.5, 0.6) is 0 Å². The minimum atomic E-state index is 0.147. The Morgan fingerprint density at radius 3 is 2.24 bits per heavy atom. The summed E-state index contributed by atoms with van der Waals surface area (Å²) in [6.45, 7) is 10.3. The van der Waals surface area contributed by atoms with E-state index in [1.807, 2.05) is 25.1 Å². The highest BCUT2D eigenvalue weighted by molar-refractivity contribution is 6.36. The van der Waals surface area contributed by atoms with E-state index in [-0.39, 0.29) is 12.1 Å². The molecule has 0 spiro atoms. The van der Waals surface area contributed by atoms with Crippen molar-refractivity contribution in [3.63, 3.8) is 0 Å². The minimum absolute atomic E-state index is 0.147. The molecule has 0 bridgehead atoms. The summed E-state index contributed by atoms with van der Waals surface area (Å²) in [4.78, 5) is 0. The molecule has 0 aliphatic carbocycles. The van der Waals surface area contributed by atoms with Crippen molar-refractivity contribution in [2.45, 2.75) is 52.7 Å². The first-order valence-electron chi connectivity index (χ1n) is 7.79. The second-order valence-corrected chi connectivity index (χ2v) is 6.44. The lowest BCUT2D eigenvalue weighted by molar-refractivity contribution is 0.00363. The molecule has 0 radical (unpaired) electrons.